The van der Waals surface area contributed by atoms with Gasteiger partial charge in [0.25, 0.3) is 0 Å². The zero-order chi connectivity index (χ0) is 13.8. The normalized spacial score (nSPS) is 16.9. The Bertz CT molecular complexity index is 419. The lowest BCUT2D eigenvalue weighted by atomic mass is 10.0. The highest BCUT2D eigenvalue weighted by Crippen LogP contribution is 2.33. The monoisotopic (exact) mass is 268 g/mol. The average Bonchev–Trinajstić information content (AvgIpc) is 3.19. The Morgan fingerprint density at radius 1 is 1.37 bits per heavy atom. The summed E-state index contributed by atoms with van der Waals surface area (Å²) in [6, 6.07) is 4.12. The summed E-state index contributed by atoms with van der Waals surface area (Å²) in [6.07, 6.45) is 3.46. The first-order valence-corrected chi connectivity index (χ1v) is 7.05. The van der Waals surface area contributed by atoms with Crippen molar-refractivity contribution in [2.45, 2.75) is 32.2 Å². The molecule has 4 heteroatoms. The minimum atomic E-state index is -0.793. The van der Waals surface area contributed by atoms with Gasteiger partial charge in [0.15, 0.2) is 11.6 Å². The topological polar surface area (TPSA) is 29.3 Å². The van der Waals surface area contributed by atoms with Gasteiger partial charge in [0.2, 0.25) is 0 Å². The van der Waals surface area contributed by atoms with E-state index in [4.69, 9.17) is 5.73 Å². The van der Waals surface area contributed by atoms with Crippen LogP contribution in [0.5, 0.6) is 0 Å². The van der Waals surface area contributed by atoms with Gasteiger partial charge in [-0.15, -0.1) is 0 Å². The van der Waals surface area contributed by atoms with Crippen LogP contribution in [0.25, 0.3) is 0 Å². The van der Waals surface area contributed by atoms with Crippen LogP contribution in [0.4, 0.5) is 8.78 Å². The Morgan fingerprint density at radius 2 is 2.11 bits per heavy atom. The van der Waals surface area contributed by atoms with Gasteiger partial charge in [-0.1, -0.05) is 19.1 Å². The van der Waals surface area contributed by atoms with Gasteiger partial charge in [0.05, 0.1) is 6.04 Å². The SMILES string of the molecule is CCCN(CC1CC1)C(CN)c1cccc(F)c1F. The molecule has 0 bridgehead atoms. The van der Waals surface area contributed by atoms with Crippen molar-refractivity contribution >= 4 is 0 Å². The molecule has 1 fully saturated rings. The summed E-state index contributed by atoms with van der Waals surface area (Å²) in [5.41, 5.74) is 6.21. The van der Waals surface area contributed by atoms with Crippen LogP contribution in [0.1, 0.15) is 37.8 Å². The van der Waals surface area contributed by atoms with Crippen molar-refractivity contribution in [3.63, 3.8) is 0 Å². The highest BCUT2D eigenvalue weighted by Gasteiger charge is 2.29. The van der Waals surface area contributed by atoms with Crippen molar-refractivity contribution in [3.8, 4) is 0 Å². The van der Waals surface area contributed by atoms with Crippen molar-refractivity contribution in [1.82, 2.24) is 4.90 Å². The Morgan fingerprint density at radius 3 is 2.68 bits per heavy atom. The standard InChI is InChI=1S/C15H22F2N2/c1-2-8-19(10-11-6-7-11)14(9-18)12-4-3-5-13(16)15(12)17/h3-5,11,14H,2,6-10,18H2,1H3. The van der Waals surface area contributed by atoms with Gasteiger partial charge < -0.3 is 5.73 Å². The Hall–Kier alpha value is -1.00. The molecule has 1 aromatic carbocycles. The van der Waals surface area contributed by atoms with Gasteiger partial charge in [0, 0.05) is 18.7 Å². The molecule has 106 valence electrons. The van der Waals surface area contributed by atoms with Crippen LogP contribution in [-0.4, -0.2) is 24.5 Å². The Kier molecular flexibility index (Phi) is 4.88. The second kappa shape index (κ2) is 6.44. The first-order chi connectivity index (χ1) is 9.17. The van der Waals surface area contributed by atoms with Crippen molar-refractivity contribution in [2.75, 3.05) is 19.6 Å². The van der Waals surface area contributed by atoms with Crippen molar-refractivity contribution in [2.24, 2.45) is 11.7 Å². The zero-order valence-corrected chi connectivity index (χ0v) is 11.4. The maximum atomic E-state index is 13.9. The maximum absolute atomic E-state index is 13.9. The molecule has 0 heterocycles. The summed E-state index contributed by atoms with van der Waals surface area (Å²) in [6.45, 7) is 4.21. The molecule has 1 atom stereocenters. The number of halogens is 2. The summed E-state index contributed by atoms with van der Waals surface area (Å²) in [5.74, 6) is -0.842. The molecule has 2 N–H and O–H groups in total. The lowest BCUT2D eigenvalue weighted by molar-refractivity contribution is 0.188. The third kappa shape index (κ3) is 3.51. The fourth-order valence-electron chi connectivity index (χ4n) is 2.54. The van der Waals surface area contributed by atoms with Crippen LogP contribution in [0.2, 0.25) is 0 Å². The van der Waals surface area contributed by atoms with Gasteiger partial charge in [-0.05, 0) is 37.8 Å². The zero-order valence-electron chi connectivity index (χ0n) is 11.4. The summed E-state index contributed by atoms with van der Waals surface area (Å²) in [7, 11) is 0. The van der Waals surface area contributed by atoms with Gasteiger partial charge in [-0.25, -0.2) is 8.78 Å². The molecule has 19 heavy (non-hydrogen) atoms. The quantitative estimate of drug-likeness (QED) is 0.823. The number of nitrogens with zero attached hydrogens (tertiary/aromatic N) is 1. The molecular weight excluding hydrogens is 246 g/mol. The summed E-state index contributed by atoms with van der Waals surface area (Å²) in [5, 5.41) is 0. The van der Waals surface area contributed by atoms with E-state index >= 15 is 0 Å². The van der Waals surface area contributed by atoms with Gasteiger partial charge in [-0.2, -0.15) is 0 Å². The molecule has 0 radical (unpaired) electrons. The van der Waals surface area contributed by atoms with Crippen molar-refractivity contribution in [1.29, 1.82) is 0 Å². The van der Waals surface area contributed by atoms with E-state index < -0.39 is 11.6 Å². The molecule has 1 aliphatic rings. The predicted molar refractivity (Wildman–Crippen MR) is 72.7 cm³/mol. The highest BCUT2D eigenvalue weighted by atomic mass is 19.2. The largest absolute Gasteiger partial charge is 0.329 e. The minimum absolute atomic E-state index is 0.226. The predicted octanol–water partition coefficient (Wildman–Crippen LogP) is 3.09. The summed E-state index contributed by atoms with van der Waals surface area (Å²) in [4.78, 5) is 2.20. The van der Waals surface area contributed by atoms with Crippen LogP contribution >= 0.6 is 0 Å². The van der Waals surface area contributed by atoms with E-state index in [9.17, 15) is 8.78 Å². The van der Waals surface area contributed by atoms with Crippen molar-refractivity contribution in [3.05, 3.63) is 35.4 Å². The van der Waals surface area contributed by atoms with Gasteiger partial charge in [-0.3, -0.25) is 4.90 Å². The van der Waals surface area contributed by atoms with Crippen LogP contribution < -0.4 is 5.73 Å². The second-order valence-electron chi connectivity index (χ2n) is 5.33. The third-order valence-electron chi connectivity index (χ3n) is 3.70. The Balaban J connectivity index is 2.21. The van der Waals surface area contributed by atoms with Crippen LogP contribution in [0.15, 0.2) is 18.2 Å². The van der Waals surface area contributed by atoms with E-state index in [0.29, 0.717) is 18.0 Å². The second-order valence-corrected chi connectivity index (χ2v) is 5.33. The first kappa shape index (κ1) is 14.4. The molecular formula is C15H22F2N2. The smallest absolute Gasteiger partial charge is 0.163 e. The minimum Gasteiger partial charge on any atom is -0.329 e. The molecule has 2 rings (SSSR count). The fourth-order valence-corrected chi connectivity index (χ4v) is 2.54. The molecule has 1 aromatic rings. The van der Waals surface area contributed by atoms with Gasteiger partial charge in [0.1, 0.15) is 0 Å². The molecule has 0 aliphatic heterocycles. The van der Waals surface area contributed by atoms with Gasteiger partial charge >= 0.3 is 0 Å². The summed E-state index contributed by atoms with van der Waals surface area (Å²) < 4.78 is 27.3. The van der Waals surface area contributed by atoms with Crippen molar-refractivity contribution < 1.29 is 8.78 Å². The fraction of sp³-hybridized carbons (Fsp3) is 0.600. The van der Waals surface area contributed by atoms with E-state index in [-0.39, 0.29) is 6.04 Å². The van der Waals surface area contributed by atoms with E-state index in [1.54, 1.807) is 12.1 Å². The first-order valence-electron chi connectivity index (χ1n) is 7.05. The number of rotatable bonds is 7. The maximum Gasteiger partial charge on any atom is 0.163 e. The lowest BCUT2D eigenvalue weighted by Crippen LogP contribution is -2.36. The molecule has 1 aliphatic carbocycles. The average molecular weight is 268 g/mol. The number of hydrogen-bond acceptors (Lipinski definition) is 2. The highest BCUT2D eigenvalue weighted by molar-refractivity contribution is 5.23. The van der Waals surface area contributed by atoms with E-state index in [1.165, 1.54) is 12.8 Å². The molecule has 0 spiro atoms. The molecule has 2 nitrogen and oxygen atoms in total. The molecule has 0 saturated heterocycles. The molecule has 1 saturated carbocycles. The molecule has 0 amide bonds. The number of hydrogen-bond donors (Lipinski definition) is 1. The molecule has 0 aromatic heterocycles. The Labute approximate surface area is 113 Å². The number of nitrogens with two attached hydrogens (primary N) is 1. The molecule has 1 unspecified atom stereocenters. The summed E-state index contributed by atoms with van der Waals surface area (Å²) >= 11 is 0. The van der Waals surface area contributed by atoms with E-state index in [2.05, 4.69) is 11.8 Å². The van der Waals surface area contributed by atoms with Crippen LogP contribution in [-0.2, 0) is 0 Å². The van der Waals surface area contributed by atoms with Crippen LogP contribution in [0.3, 0.4) is 0 Å². The van der Waals surface area contributed by atoms with E-state index in [0.717, 1.165) is 25.6 Å². The lowest BCUT2D eigenvalue weighted by Gasteiger charge is -2.31. The van der Waals surface area contributed by atoms with Crippen LogP contribution in [0, 0.1) is 17.6 Å². The third-order valence-corrected chi connectivity index (χ3v) is 3.70. The number of benzene rings is 1. The van der Waals surface area contributed by atoms with E-state index in [1.807, 2.05) is 0 Å².